The zero-order valence-corrected chi connectivity index (χ0v) is 15.0. The number of hydrogen-bond donors (Lipinski definition) is 1. The van der Waals surface area contributed by atoms with E-state index < -0.39 is 0 Å². The van der Waals surface area contributed by atoms with E-state index in [0.717, 1.165) is 17.7 Å². The number of nitrogens with one attached hydrogen (secondary N) is 1. The Labute approximate surface area is 148 Å². The lowest BCUT2D eigenvalue weighted by atomic mass is 10.2. The maximum atomic E-state index is 12.2. The molecule has 1 N–H and O–H groups in total. The van der Waals surface area contributed by atoms with Crippen LogP contribution in [-0.4, -0.2) is 23.3 Å². The molecule has 24 heavy (non-hydrogen) atoms. The first-order valence-electron chi connectivity index (χ1n) is 8.22. The molecule has 2 rings (SSSR count). The van der Waals surface area contributed by atoms with Crippen LogP contribution in [0, 0.1) is 5.92 Å². The van der Waals surface area contributed by atoms with Crippen LogP contribution in [0.2, 0.25) is 0 Å². The van der Waals surface area contributed by atoms with E-state index >= 15 is 0 Å². The number of carbonyl (C=O) groups excluding carboxylic acids is 1. The number of thioether (sulfide) groups is 1. The number of ether oxygens (including phenoxy) is 1. The highest BCUT2D eigenvalue weighted by atomic mass is 32.2. The van der Waals surface area contributed by atoms with E-state index in [1.165, 1.54) is 4.90 Å². The molecule has 4 nitrogen and oxygen atoms in total. The molecule has 1 heterocycles. The fourth-order valence-electron chi connectivity index (χ4n) is 1.98. The lowest BCUT2D eigenvalue weighted by Gasteiger charge is -2.12. The summed E-state index contributed by atoms with van der Waals surface area (Å²) >= 11 is 1.70. The molecule has 0 aliphatic carbocycles. The number of pyridine rings is 1. The van der Waals surface area contributed by atoms with E-state index in [-0.39, 0.29) is 11.8 Å². The van der Waals surface area contributed by atoms with Crippen molar-refractivity contribution in [2.45, 2.75) is 31.7 Å². The van der Waals surface area contributed by atoms with E-state index in [2.05, 4.69) is 29.4 Å². The lowest BCUT2D eigenvalue weighted by molar-refractivity contribution is -0.124. The predicted octanol–water partition coefficient (Wildman–Crippen LogP) is 3.92. The van der Waals surface area contributed by atoms with Crippen LogP contribution in [0.3, 0.4) is 0 Å². The maximum Gasteiger partial charge on any atom is 0.223 e. The summed E-state index contributed by atoms with van der Waals surface area (Å²) in [6, 6.07) is 13.9. The van der Waals surface area contributed by atoms with Crippen LogP contribution in [0.5, 0.6) is 5.88 Å². The van der Waals surface area contributed by atoms with E-state index in [4.69, 9.17) is 4.74 Å². The molecule has 5 heteroatoms. The van der Waals surface area contributed by atoms with Gasteiger partial charge < -0.3 is 10.1 Å². The molecule has 1 unspecified atom stereocenters. The average molecular weight is 344 g/mol. The predicted molar refractivity (Wildman–Crippen MR) is 98.2 cm³/mol. The minimum atomic E-state index is -0.0460. The number of rotatable bonds is 9. The second kappa shape index (κ2) is 9.98. The Bertz CT molecular complexity index is 617. The van der Waals surface area contributed by atoms with Crippen molar-refractivity contribution in [1.29, 1.82) is 0 Å². The van der Waals surface area contributed by atoms with Crippen LogP contribution < -0.4 is 10.1 Å². The van der Waals surface area contributed by atoms with Gasteiger partial charge in [-0.2, -0.15) is 0 Å². The number of hydrogen-bond acceptors (Lipinski definition) is 4. The molecular weight excluding hydrogens is 320 g/mol. The number of nitrogens with zero attached hydrogens (tertiary/aromatic N) is 1. The normalized spacial score (nSPS) is 11.8. The van der Waals surface area contributed by atoms with Crippen LogP contribution in [0.1, 0.15) is 25.8 Å². The third-order valence-corrected chi connectivity index (χ3v) is 4.68. The summed E-state index contributed by atoms with van der Waals surface area (Å²) in [5.74, 6) is 1.40. The van der Waals surface area contributed by atoms with Gasteiger partial charge in [0.05, 0.1) is 6.61 Å². The molecule has 1 aromatic heterocycles. The Morgan fingerprint density at radius 3 is 2.71 bits per heavy atom. The van der Waals surface area contributed by atoms with Crippen LogP contribution in [0.15, 0.2) is 53.6 Å². The minimum Gasteiger partial charge on any atom is -0.478 e. The Hall–Kier alpha value is -2.01. The summed E-state index contributed by atoms with van der Waals surface area (Å²) in [4.78, 5) is 17.6. The van der Waals surface area contributed by atoms with Gasteiger partial charge in [0.15, 0.2) is 0 Å². The Kier molecular flexibility index (Phi) is 7.62. The molecule has 0 aliphatic heterocycles. The van der Waals surface area contributed by atoms with Gasteiger partial charge in [-0.25, -0.2) is 4.98 Å². The largest absolute Gasteiger partial charge is 0.478 e. The van der Waals surface area contributed by atoms with E-state index in [1.807, 2.05) is 37.3 Å². The smallest absolute Gasteiger partial charge is 0.223 e. The van der Waals surface area contributed by atoms with Gasteiger partial charge >= 0.3 is 0 Å². The number of carbonyl (C=O) groups is 1. The van der Waals surface area contributed by atoms with Gasteiger partial charge in [-0.1, -0.05) is 38.1 Å². The molecule has 0 saturated carbocycles. The number of aromatic nitrogens is 1. The van der Waals surface area contributed by atoms with Crippen molar-refractivity contribution in [1.82, 2.24) is 10.3 Å². The molecule has 0 radical (unpaired) electrons. The monoisotopic (exact) mass is 344 g/mol. The Balaban J connectivity index is 1.73. The first-order valence-corrected chi connectivity index (χ1v) is 9.21. The molecule has 0 spiro atoms. The highest BCUT2D eigenvalue weighted by Gasteiger charge is 2.13. The van der Waals surface area contributed by atoms with Crippen molar-refractivity contribution in [3.8, 4) is 5.88 Å². The molecule has 2 aromatic rings. The summed E-state index contributed by atoms with van der Waals surface area (Å²) in [6.45, 7) is 5.16. The van der Waals surface area contributed by atoms with Crippen molar-refractivity contribution in [2.75, 3.05) is 12.4 Å². The fraction of sp³-hybridized carbons (Fsp3) is 0.368. The summed E-state index contributed by atoms with van der Waals surface area (Å²) in [6.07, 6.45) is 2.70. The first kappa shape index (κ1) is 18.3. The van der Waals surface area contributed by atoms with Crippen molar-refractivity contribution in [3.05, 3.63) is 54.2 Å². The van der Waals surface area contributed by atoms with Gasteiger partial charge in [0.25, 0.3) is 0 Å². The SMILES string of the molecule is CCCOc1ccc(CNC(=O)C(C)CSc2ccccc2)cn1. The molecule has 0 aliphatic rings. The standard InChI is InChI=1S/C19H24N2O2S/c1-3-11-23-18-10-9-16(12-20-18)13-21-19(22)15(2)14-24-17-7-5-4-6-8-17/h4-10,12,15H,3,11,13-14H2,1-2H3,(H,21,22). The van der Waals surface area contributed by atoms with Crippen molar-refractivity contribution >= 4 is 17.7 Å². The fourth-order valence-corrected chi connectivity index (χ4v) is 2.93. The van der Waals surface area contributed by atoms with Gasteiger partial charge in [-0.15, -0.1) is 11.8 Å². The van der Waals surface area contributed by atoms with Gasteiger partial charge in [0.2, 0.25) is 11.8 Å². The van der Waals surface area contributed by atoms with Crippen molar-refractivity contribution < 1.29 is 9.53 Å². The Morgan fingerprint density at radius 1 is 1.25 bits per heavy atom. The van der Waals surface area contributed by atoms with Gasteiger partial charge in [0.1, 0.15) is 0 Å². The van der Waals surface area contributed by atoms with Gasteiger partial charge in [-0.3, -0.25) is 4.79 Å². The zero-order valence-electron chi connectivity index (χ0n) is 14.2. The summed E-state index contributed by atoms with van der Waals surface area (Å²) in [5.41, 5.74) is 0.968. The van der Waals surface area contributed by atoms with E-state index in [1.54, 1.807) is 18.0 Å². The second-order valence-corrected chi connectivity index (χ2v) is 6.69. The molecule has 0 bridgehead atoms. The van der Waals surface area contributed by atoms with E-state index in [0.29, 0.717) is 19.0 Å². The molecule has 128 valence electrons. The van der Waals surface area contributed by atoms with Crippen LogP contribution in [0.25, 0.3) is 0 Å². The third kappa shape index (κ3) is 6.24. The summed E-state index contributed by atoms with van der Waals surface area (Å²) < 4.78 is 5.45. The number of benzene rings is 1. The zero-order chi connectivity index (χ0) is 17.2. The maximum absolute atomic E-state index is 12.2. The first-order chi connectivity index (χ1) is 11.7. The average Bonchev–Trinajstić information content (AvgIpc) is 2.64. The molecule has 0 fully saturated rings. The van der Waals surface area contributed by atoms with Crippen molar-refractivity contribution in [2.24, 2.45) is 5.92 Å². The molecule has 1 amide bonds. The highest BCUT2D eigenvalue weighted by Crippen LogP contribution is 2.20. The molecule has 0 saturated heterocycles. The third-order valence-electron chi connectivity index (χ3n) is 3.41. The molecule has 1 aromatic carbocycles. The minimum absolute atomic E-state index is 0.0460. The van der Waals surface area contributed by atoms with E-state index in [9.17, 15) is 4.79 Å². The topological polar surface area (TPSA) is 51.2 Å². The van der Waals surface area contributed by atoms with Crippen molar-refractivity contribution in [3.63, 3.8) is 0 Å². The van der Waals surface area contributed by atoms with Crippen LogP contribution >= 0.6 is 11.8 Å². The van der Waals surface area contributed by atoms with Crippen LogP contribution in [0.4, 0.5) is 0 Å². The quantitative estimate of drug-likeness (QED) is 0.701. The molecular formula is C19H24N2O2S. The van der Waals surface area contributed by atoms with Gasteiger partial charge in [0, 0.05) is 35.4 Å². The summed E-state index contributed by atoms with van der Waals surface area (Å²) in [7, 11) is 0. The second-order valence-electron chi connectivity index (χ2n) is 5.60. The highest BCUT2D eigenvalue weighted by molar-refractivity contribution is 7.99. The summed E-state index contributed by atoms with van der Waals surface area (Å²) in [5, 5.41) is 2.96. The van der Waals surface area contributed by atoms with Crippen LogP contribution in [-0.2, 0) is 11.3 Å². The molecule has 1 atom stereocenters. The number of amides is 1. The Morgan fingerprint density at radius 2 is 2.04 bits per heavy atom. The van der Waals surface area contributed by atoms with Gasteiger partial charge in [-0.05, 0) is 24.1 Å². The lowest BCUT2D eigenvalue weighted by Crippen LogP contribution is -2.29.